The van der Waals surface area contributed by atoms with Gasteiger partial charge in [0.15, 0.2) is 11.2 Å². The smallest absolute Gasteiger partial charge is 0.548 e. The monoisotopic (exact) mass is 260 g/mol. The minimum atomic E-state index is -1.49. The fourth-order valence-electron chi connectivity index (χ4n) is 1.66. The quantitative estimate of drug-likeness (QED) is 0.500. The number of carboxylic acids is 1. The van der Waals surface area contributed by atoms with E-state index in [0.29, 0.717) is 4.57 Å². The van der Waals surface area contributed by atoms with Crippen molar-refractivity contribution in [1.29, 1.82) is 0 Å². The molecule has 2 rings (SSSR count). The molecule has 90 valence electrons. The molecule has 0 spiro atoms. The van der Waals surface area contributed by atoms with Crippen LogP contribution in [0.25, 0.3) is 11.2 Å². The van der Waals surface area contributed by atoms with E-state index < -0.39 is 23.8 Å². The minimum absolute atomic E-state index is 0. The van der Waals surface area contributed by atoms with Crippen LogP contribution in [0, 0.1) is 0 Å². The number of carboxylic acid groups (broad SMARTS) is 1. The van der Waals surface area contributed by atoms with Crippen molar-refractivity contribution >= 4 is 17.1 Å². The van der Waals surface area contributed by atoms with E-state index in [1.807, 2.05) is 0 Å². The molecule has 0 atom stereocenters. The second-order valence-corrected chi connectivity index (χ2v) is 3.63. The van der Waals surface area contributed by atoms with Gasteiger partial charge in [-0.15, -0.1) is 0 Å². The summed E-state index contributed by atoms with van der Waals surface area (Å²) in [4.78, 5) is 38.1. The van der Waals surface area contributed by atoms with Crippen LogP contribution in [0.15, 0.2) is 15.9 Å². The van der Waals surface area contributed by atoms with E-state index in [-0.39, 0.29) is 40.7 Å². The molecule has 8 nitrogen and oxygen atoms in total. The summed E-state index contributed by atoms with van der Waals surface area (Å²) >= 11 is 0. The SMILES string of the molecule is Cn1cnc2c1c(=O)n(CC(=O)[O-])c(=O)n2C.[Na+]. The number of aromatic nitrogens is 4. The van der Waals surface area contributed by atoms with Crippen molar-refractivity contribution in [2.45, 2.75) is 6.54 Å². The maximum Gasteiger partial charge on any atom is 1.00 e. The molecule has 0 aliphatic heterocycles. The number of aryl methyl sites for hydroxylation is 2. The van der Waals surface area contributed by atoms with Gasteiger partial charge in [0.05, 0.1) is 18.8 Å². The summed E-state index contributed by atoms with van der Waals surface area (Å²) in [6.07, 6.45) is 1.38. The van der Waals surface area contributed by atoms with Gasteiger partial charge >= 0.3 is 35.2 Å². The number of carbonyl (C=O) groups is 1. The van der Waals surface area contributed by atoms with E-state index in [4.69, 9.17) is 0 Å². The van der Waals surface area contributed by atoms with E-state index in [0.717, 1.165) is 4.57 Å². The molecule has 0 fully saturated rings. The molecule has 0 radical (unpaired) electrons. The third-order valence-electron chi connectivity index (χ3n) is 2.49. The third kappa shape index (κ3) is 2.14. The van der Waals surface area contributed by atoms with Gasteiger partial charge in [-0.2, -0.15) is 0 Å². The first-order valence-electron chi connectivity index (χ1n) is 4.74. The molecule has 2 heterocycles. The van der Waals surface area contributed by atoms with Crippen molar-refractivity contribution < 1.29 is 39.5 Å². The Balaban J connectivity index is 0.00000162. The number of imidazole rings is 1. The van der Waals surface area contributed by atoms with Crippen molar-refractivity contribution in [3.63, 3.8) is 0 Å². The summed E-state index contributed by atoms with van der Waals surface area (Å²) in [5.41, 5.74) is -1.02. The summed E-state index contributed by atoms with van der Waals surface area (Å²) in [5.74, 6) is -1.49. The largest absolute Gasteiger partial charge is 1.00 e. The molecule has 0 amide bonds. The Morgan fingerprint density at radius 3 is 2.56 bits per heavy atom. The Morgan fingerprint density at radius 2 is 2.00 bits per heavy atom. The first-order valence-corrected chi connectivity index (χ1v) is 4.74. The number of hydrogen-bond donors (Lipinski definition) is 0. The fourth-order valence-corrected chi connectivity index (χ4v) is 1.66. The average Bonchev–Trinajstić information content (AvgIpc) is 2.63. The molecular formula is C9H9N4NaO4. The Kier molecular flexibility index (Phi) is 4.15. The van der Waals surface area contributed by atoms with Crippen LogP contribution < -0.4 is 45.9 Å². The number of rotatable bonds is 2. The van der Waals surface area contributed by atoms with Gasteiger partial charge in [-0.05, 0) is 0 Å². The van der Waals surface area contributed by atoms with Gasteiger partial charge in [-0.3, -0.25) is 13.9 Å². The number of aliphatic carboxylic acids is 1. The molecule has 9 heteroatoms. The Bertz CT molecular complexity index is 726. The van der Waals surface area contributed by atoms with Crippen molar-refractivity contribution in [1.82, 2.24) is 18.7 Å². The van der Waals surface area contributed by atoms with Gasteiger partial charge in [0.1, 0.15) is 0 Å². The maximum atomic E-state index is 11.9. The average molecular weight is 260 g/mol. The molecule has 0 bridgehead atoms. The predicted molar refractivity (Wildman–Crippen MR) is 55.2 cm³/mol. The zero-order valence-electron chi connectivity index (χ0n) is 10.2. The number of nitrogens with zero attached hydrogens (tertiary/aromatic N) is 4. The van der Waals surface area contributed by atoms with Crippen LogP contribution >= 0.6 is 0 Å². The van der Waals surface area contributed by atoms with E-state index in [2.05, 4.69) is 4.98 Å². The first kappa shape index (κ1) is 14.7. The van der Waals surface area contributed by atoms with E-state index >= 15 is 0 Å². The van der Waals surface area contributed by atoms with Crippen molar-refractivity contribution in [3.8, 4) is 0 Å². The molecule has 0 N–H and O–H groups in total. The molecular weight excluding hydrogens is 251 g/mol. The number of fused-ring (bicyclic) bond motifs is 1. The van der Waals surface area contributed by atoms with Crippen LogP contribution in [-0.4, -0.2) is 24.7 Å². The van der Waals surface area contributed by atoms with Crippen LogP contribution in [0.5, 0.6) is 0 Å². The van der Waals surface area contributed by atoms with Crippen LogP contribution in [-0.2, 0) is 25.4 Å². The molecule has 0 saturated heterocycles. The minimum Gasteiger partial charge on any atom is -0.548 e. The first-order chi connectivity index (χ1) is 7.93. The van der Waals surface area contributed by atoms with Gasteiger partial charge < -0.3 is 14.5 Å². The van der Waals surface area contributed by atoms with Gasteiger partial charge in [0.25, 0.3) is 5.56 Å². The van der Waals surface area contributed by atoms with Crippen molar-refractivity contribution in [2.75, 3.05) is 0 Å². The molecule has 0 unspecified atom stereocenters. The molecule has 2 aromatic heterocycles. The Morgan fingerprint density at radius 1 is 1.39 bits per heavy atom. The molecule has 0 aliphatic rings. The Hall–Kier alpha value is -1.38. The van der Waals surface area contributed by atoms with Crippen LogP contribution in [0.1, 0.15) is 0 Å². The van der Waals surface area contributed by atoms with Crippen LogP contribution in [0.3, 0.4) is 0 Å². The summed E-state index contributed by atoms with van der Waals surface area (Å²) < 4.78 is 3.17. The van der Waals surface area contributed by atoms with Crippen molar-refractivity contribution in [3.05, 3.63) is 27.2 Å². The van der Waals surface area contributed by atoms with Crippen molar-refractivity contribution in [2.24, 2.45) is 14.1 Å². The van der Waals surface area contributed by atoms with Gasteiger partial charge in [0.2, 0.25) is 0 Å². The molecule has 18 heavy (non-hydrogen) atoms. The second-order valence-electron chi connectivity index (χ2n) is 3.63. The predicted octanol–water partition coefficient (Wildman–Crippen LogP) is -5.81. The fraction of sp³-hybridized carbons (Fsp3) is 0.333. The third-order valence-corrected chi connectivity index (χ3v) is 2.49. The molecule has 2 aromatic rings. The van der Waals surface area contributed by atoms with Gasteiger partial charge in [0, 0.05) is 14.1 Å². The summed E-state index contributed by atoms with van der Waals surface area (Å²) in [5, 5.41) is 10.5. The summed E-state index contributed by atoms with van der Waals surface area (Å²) in [6.45, 7) is -0.771. The van der Waals surface area contributed by atoms with Crippen LogP contribution in [0.2, 0.25) is 0 Å². The van der Waals surface area contributed by atoms with Gasteiger partial charge in [-0.25, -0.2) is 9.78 Å². The standard InChI is InChI=1S/C9H10N4O4.Na/c1-11-4-10-7-6(11)8(16)13(3-5(14)15)9(17)12(7)2;/h4H,3H2,1-2H3,(H,14,15);/q;+1/p-1. The zero-order valence-corrected chi connectivity index (χ0v) is 12.2. The maximum absolute atomic E-state index is 11.9. The molecule has 0 aliphatic carbocycles. The number of carbonyl (C=O) groups excluding carboxylic acids is 1. The van der Waals surface area contributed by atoms with E-state index in [1.54, 1.807) is 7.05 Å². The summed E-state index contributed by atoms with van der Waals surface area (Å²) in [6, 6.07) is 0. The second kappa shape index (κ2) is 5.09. The topological polar surface area (TPSA) is 102 Å². The number of hydrogen-bond acceptors (Lipinski definition) is 5. The normalized spacial score (nSPS) is 10.3. The van der Waals surface area contributed by atoms with Gasteiger partial charge in [-0.1, -0.05) is 0 Å². The van der Waals surface area contributed by atoms with E-state index in [9.17, 15) is 19.5 Å². The Labute approximate surface area is 123 Å². The summed E-state index contributed by atoms with van der Waals surface area (Å²) in [7, 11) is 3.01. The molecule has 0 saturated carbocycles. The van der Waals surface area contributed by atoms with Crippen LogP contribution in [0.4, 0.5) is 0 Å². The molecule has 0 aromatic carbocycles. The zero-order chi connectivity index (χ0) is 12.7. The van der Waals surface area contributed by atoms with E-state index in [1.165, 1.54) is 17.9 Å².